The van der Waals surface area contributed by atoms with E-state index in [9.17, 15) is 13.2 Å². The Bertz CT molecular complexity index is 1880. The second-order valence-corrected chi connectivity index (χ2v) is 11.5. The Hall–Kier alpha value is -4.71. The topological polar surface area (TPSA) is 27.7 Å². The first kappa shape index (κ1) is 27.1. The van der Waals surface area contributed by atoms with Gasteiger partial charge in [-0.05, 0) is 58.0 Å². The lowest BCUT2D eigenvalue weighted by Crippen LogP contribution is -2.35. The largest absolute Gasteiger partial charge is 0.493 e. The number of methoxy groups -OCH3 is 2. The molecule has 1 aliphatic heterocycles. The quantitative estimate of drug-likeness (QED) is 0.213. The lowest BCUT2D eigenvalue weighted by Gasteiger charge is -2.38. The standard InChI is InChI=1S/C37H29F3O3/c1-35(2)29-19-24(37(38,39)40)15-16-25(29)32-27-20-30(41-3)31(42-4)21-28(27)34-26(33(32)35)17-18-36(43-34,22-11-7-5-8-12-22)23-13-9-6-10-14-23/h5-21H,1-4H3. The van der Waals surface area contributed by atoms with E-state index in [1.165, 1.54) is 6.07 Å². The van der Waals surface area contributed by atoms with E-state index >= 15 is 0 Å². The fourth-order valence-electron chi connectivity index (χ4n) is 6.83. The van der Waals surface area contributed by atoms with Gasteiger partial charge < -0.3 is 14.2 Å². The van der Waals surface area contributed by atoms with Crippen LogP contribution in [-0.2, 0) is 17.2 Å². The van der Waals surface area contributed by atoms with E-state index in [4.69, 9.17) is 14.2 Å². The van der Waals surface area contributed by atoms with E-state index in [0.29, 0.717) is 22.8 Å². The van der Waals surface area contributed by atoms with Gasteiger partial charge in [-0.15, -0.1) is 0 Å². The summed E-state index contributed by atoms with van der Waals surface area (Å²) in [6.07, 6.45) is -0.314. The van der Waals surface area contributed by atoms with Gasteiger partial charge in [0, 0.05) is 27.5 Å². The summed E-state index contributed by atoms with van der Waals surface area (Å²) >= 11 is 0. The van der Waals surface area contributed by atoms with Gasteiger partial charge in [-0.1, -0.05) is 86.7 Å². The molecule has 0 bridgehead atoms. The van der Waals surface area contributed by atoms with Crippen molar-refractivity contribution >= 4 is 16.8 Å². The maximum absolute atomic E-state index is 13.9. The minimum absolute atomic E-state index is 0.527. The fourth-order valence-corrected chi connectivity index (χ4v) is 6.83. The highest BCUT2D eigenvalue weighted by Crippen LogP contribution is 2.59. The second kappa shape index (κ2) is 9.40. The number of ether oxygens (including phenoxy) is 3. The minimum atomic E-state index is -4.45. The van der Waals surface area contributed by atoms with Crippen molar-refractivity contribution < 1.29 is 27.4 Å². The van der Waals surface area contributed by atoms with E-state index in [1.807, 2.05) is 86.6 Å². The summed E-state index contributed by atoms with van der Waals surface area (Å²) in [4.78, 5) is 0. The number of hydrogen-bond donors (Lipinski definition) is 0. The third kappa shape index (κ3) is 3.89. The SMILES string of the molecule is COc1cc2c3c(c4c(c2cc1OC)-c1ccc(C(F)(F)F)cc1C4(C)C)C=CC(c1ccccc1)(c1ccccc1)O3. The molecule has 0 N–H and O–H groups in total. The fraction of sp³-hybridized carbons (Fsp3) is 0.189. The number of fused-ring (bicyclic) bond motifs is 8. The summed E-state index contributed by atoms with van der Waals surface area (Å²) in [7, 11) is 3.16. The molecule has 0 unspecified atom stereocenters. The average molecular weight is 579 g/mol. The zero-order chi connectivity index (χ0) is 30.1. The summed E-state index contributed by atoms with van der Waals surface area (Å²) < 4.78 is 60.3. The van der Waals surface area contributed by atoms with Crippen molar-refractivity contribution in [2.24, 2.45) is 0 Å². The Labute approximate surface area is 248 Å². The zero-order valence-corrected chi connectivity index (χ0v) is 24.2. The lowest BCUT2D eigenvalue weighted by atomic mass is 9.76. The van der Waals surface area contributed by atoms with Crippen LogP contribution in [0, 0.1) is 0 Å². The molecule has 5 aromatic carbocycles. The van der Waals surface area contributed by atoms with Crippen LogP contribution in [0.5, 0.6) is 17.2 Å². The monoisotopic (exact) mass is 578 g/mol. The van der Waals surface area contributed by atoms with Crippen molar-refractivity contribution in [1.82, 2.24) is 0 Å². The van der Waals surface area contributed by atoms with E-state index in [-0.39, 0.29) is 0 Å². The molecule has 0 saturated heterocycles. The van der Waals surface area contributed by atoms with Crippen molar-refractivity contribution in [2.75, 3.05) is 14.2 Å². The van der Waals surface area contributed by atoms with Crippen molar-refractivity contribution in [3.8, 4) is 28.4 Å². The molecule has 216 valence electrons. The van der Waals surface area contributed by atoms with Gasteiger partial charge >= 0.3 is 6.18 Å². The molecule has 3 nitrogen and oxygen atoms in total. The van der Waals surface area contributed by atoms with E-state index in [2.05, 4.69) is 12.2 Å². The number of alkyl halides is 3. The van der Waals surface area contributed by atoms with Crippen molar-refractivity contribution in [1.29, 1.82) is 0 Å². The molecule has 0 spiro atoms. The Kier molecular flexibility index (Phi) is 5.93. The molecule has 7 rings (SSSR count). The van der Waals surface area contributed by atoms with Crippen molar-refractivity contribution in [3.63, 3.8) is 0 Å². The van der Waals surface area contributed by atoms with Gasteiger partial charge in [0.25, 0.3) is 0 Å². The Balaban J connectivity index is 1.59. The molecule has 0 aromatic heterocycles. The second-order valence-electron chi connectivity index (χ2n) is 11.5. The molecule has 2 aliphatic rings. The molecule has 1 aliphatic carbocycles. The Morgan fingerprint density at radius 2 is 1.30 bits per heavy atom. The van der Waals surface area contributed by atoms with Crippen LogP contribution in [0.1, 0.15) is 47.2 Å². The highest BCUT2D eigenvalue weighted by Gasteiger charge is 2.45. The zero-order valence-electron chi connectivity index (χ0n) is 24.2. The normalized spacial score (nSPS) is 15.8. The summed E-state index contributed by atoms with van der Waals surface area (Å²) in [5, 5.41) is 1.61. The van der Waals surface area contributed by atoms with Crippen LogP contribution in [0.4, 0.5) is 13.2 Å². The van der Waals surface area contributed by atoms with E-state index in [1.54, 1.807) is 20.3 Å². The number of halogens is 3. The average Bonchev–Trinajstić information content (AvgIpc) is 3.27. The molecule has 43 heavy (non-hydrogen) atoms. The van der Waals surface area contributed by atoms with E-state index in [0.717, 1.165) is 50.2 Å². The predicted molar refractivity (Wildman–Crippen MR) is 163 cm³/mol. The van der Waals surface area contributed by atoms with Gasteiger partial charge in [0.05, 0.1) is 19.8 Å². The molecule has 1 heterocycles. The Morgan fingerprint density at radius 3 is 1.86 bits per heavy atom. The van der Waals surface area contributed by atoms with Gasteiger partial charge in [-0.3, -0.25) is 0 Å². The van der Waals surface area contributed by atoms with Crippen LogP contribution in [0.3, 0.4) is 0 Å². The number of hydrogen-bond acceptors (Lipinski definition) is 3. The van der Waals surface area contributed by atoms with Crippen molar-refractivity contribution in [3.05, 3.63) is 130 Å². The van der Waals surface area contributed by atoms with Crippen LogP contribution in [0.2, 0.25) is 0 Å². The van der Waals surface area contributed by atoms with Crippen LogP contribution in [0.25, 0.3) is 28.0 Å². The molecule has 0 radical (unpaired) electrons. The minimum Gasteiger partial charge on any atom is -0.493 e. The number of benzene rings is 5. The molecule has 6 heteroatoms. The lowest BCUT2D eigenvalue weighted by molar-refractivity contribution is -0.137. The smallest absolute Gasteiger partial charge is 0.416 e. The first-order valence-corrected chi connectivity index (χ1v) is 14.1. The van der Waals surface area contributed by atoms with Gasteiger partial charge in [0.15, 0.2) is 17.1 Å². The number of rotatable bonds is 4. The van der Waals surface area contributed by atoms with Crippen LogP contribution >= 0.6 is 0 Å². The summed E-state index contributed by atoms with van der Waals surface area (Å²) in [6, 6.07) is 27.9. The van der Waals surface area contributed by atoms with Gasteiger partial charge in [-0.25, -0.2) is 0 Å². The first-order valence-electron chi connectivity index (χ1n) is 14.1. The molecule has 0 amide bonds. The Morgan fingerprint density at radius 1 is 0.721 bits per heavy atom. The predicted octanol–water partition coefficient (Wildman–Crippen LogP) is 9.53. The van der Waals surface area contributed by atoms with Crippen LogP contribution < -0.4 is 14.2 Å². The summed E-state index contributed by atoms with van der Waals surface area (Å²) in [5.41, 5.74) is 3.58. The molecular weight excluding hydrogens is 549 g/mol. The van der Waals surface area contributed by atoms with Crippen LogP contribution in [-0.4, -0.2) is 14.2 Å². The molecule has 0 fully saturated rings. The molecular formula is C37H29F3O3. The summed E-state index contributed by atoms with van der Waals surface area (Å²) in [6.45, 7) is 3.96. The van der Waals surface area contributed by atoms with Gasteiger partial charge in [-0.2, -0.15) is 13.2 Å². The highest BCUT2D eigenvalue weighted by molar-refractivity contribution is 6.09. The van der Waals surface area contributed by atoms with Gasteiger partial charge in [0.1, 0.15) is 5.75 Å². The highest BCUT2D eigenvalue weighted by atomic mass is 19.4. The maximum Gasteiger partial charge on any atom is 0.416 e. The molecule has 0 atom stereocenters. The van der Waals surface area contributed by atoms with Crippen LogP contribution in [0.15, 0.2) is 97.1 Å². The summed E-state index contributed by atoms with van der Waals surface area (Å²) in [5.74, 6) is 1.70. The third-order valence-electron chi connectivity index (χ3n) is 8.87. The van der Waals surface area contributed by atoms with Gasteiger partial charge in [0.2, 0.25) is 0 Å². The van der Waals surface area contributed by atoms with Crippen molar-refractivity contribution in [2.45, 2.75) is 31.0 Å². The third-order valence-corrected chi connectivity index (χ3v) is 8.87. The maximum atomic E-state index is 13.9. The first-order chi connectivity index (χ1) is 20.6. The van der Waals surface area contributed by atoms with E-state index < -0.39 is 22.8 Å². The molecule has 0 saturated carbocycles. The molecule has 5 aromatic rings.